The number of carbonyl (C=O) groups excluding carboxylic acids is 2. The first kappa shape index (κ1) is 25.7. The fourth-order valence-corrected chi connectivity index (χ4v) is 4.97. The van der Waals surface area contributed by atoms with Crippen molar-refractivity contribution < 1.29 is 14.0 Å². The van der Waals surface area contributed by atoms with E-state index >= 15 is 0 Å². The molecule has 0 saturated heterocycles. The lowest BCUT2D eigenvalue weighted by molar-refractivity contribution is -0.118. The molecule has 4 rings (SSSR count). The summed E-state index contributed by atoms with van der Waals surface area (Å²) in [6, 6.07) is 26.7. The van der Waals surface area contributed by atoms with Gasteiger partial charge >= 0.3 is 0 Å². The Kier molecular flexibility index (Phi) is 8.39. The number of nitrogens with one attached hydrogen (secondary N) is 3. The highest BCUT2D eigenvalue weighted by molar-refractivity contribution is 8.03. The van der Waals surface area contributed by atoms with Gasteiger partial charge in [-0.15, -0.1) is 0 Å². The number of allylic oxidation sites excluding steroid dienone is 2. The summed E-state index contributed by atoms with van der Waals surface area (Å²) in [5.41, 5.74) is 2.66. The third kappa shape index (κ3) is 6.26. The average Bonchev–Trinajstić information content (AvgIpc) is 2.91. The monoisotopic (exact) mass is 512 g/mol. The number of hydrogen-bond acceptors (Lipinski definition) is 5. The lowest BCUT2D eigenvalue weighted by Gasteiger charge is -2.30. The summed E-state index contributed by atoms with van der Waals surface area (Å²) in [6.07, 6.45) is 0. The van der Waals surface area contributed by atoms with Crippen molar-refractivity contribution in [3.63, 3.8) is 0 Å². The number of para-hydroxylation sites is 1. The average molecular weight is 513 g/mol. The van der Waals surface area contributed by atoms with Gasteiger partial charge in [-0.05, 0) is 30.7 Å². The van der Waals surface area contributed by atoms with E-state index in [1.807, 2.05) is 36.4 Å². The van der Waals surface area contributed by atoms with E-state index in [2.05, 4.69) is 22.0 Å². The van der Waals surface area contributed by atoms with Crippen LogP contribution in [-0.2, 0) is 16.1 Å². The van der Waals surface area contributed by atoms with Crippen molar-refractivity contribution >= 4 is 29.3 Å². The Balaban J connectivity index is 1.60. The summed E-state index contributed by atoms with van der Waals surface area (Å²) >= 11 is 1.14. The summed E-state index contributed by atoms with van der Waals surface area (Å²) in [7, 11) is 0. The summed E-state index contributed by atoms with van der Waals surface area (Å²) in [5, 5.41) is 19.4. The van der Waals surface area contributed by atoms with Gasteiger partial charge in [0.1, 0.15) is 5.82 Å². The Morgan fingerprint density at radius 3 is 2.32 bits per heavy atom. The molecular weight excluding hydrogens is 487 g/mol. The lowest BCUT2D eigenvalue weighted by atomic mass is 9.82. The zero-order valence-electron chi connectivity index (χ0n) is 20.1. The van der Waals surface area contributed by atoms with Crippen LogP contribution < -0.4 is 16.0 Å². The molecular formula is C29H25FN4O2S. The summed E-state index contributed by atoms with van der Waals surface area (Å²) in [4.78, 5) is 25.9. The number of halogens is 1. The second-order valence-corrected chi connectivity index (χ2v) is 9.33. The molecule has 6 nitrogen and oxygen atoms in total. The highest BCUT2D eigenvalue weighted by Gasteiger charge is 2.36. The number of benzene rings is 3. The maximum Gasteiger partial charge on any atom is 0.254 e. The Hall–Kier alpha value is -4.35. The van der Waals surface area contributed by atoms with Gasteiger partial charge in [-0.25, -0.2) is 4.39 Å². The van der Waals surface area contributed by atoms with Crippen molar-refractivity contribution in [1.29, 1.82) is 5.26 Å². The number of anilines is 1. The van der Waals surface area contributed by atoms with Crippen LogP contribution in [0.4, 0.5) is 10.1 Å². The van der Waals surface area contributed by atoms with Crippen molar-refractivity contribution in [2.45, 2.75) is 19.4 Å². The number of rotatable bonds is 8. The van der Waals surface area contributed by atoms with Crippen LogP contribution in [0.15, 0.2) is 107 Å². The second-order valence-electron chi connectivity index (χ2n) is 8.34. The Morgan fingerprint density at radius 1 is 1.00 bits per heavy atom. The van der Waals surface area contributed by atoms with Crippen LogP contribution in [0.25, 0.3) is 0 Å². The molecule has 1 atom stereocenters. The molecule has 0 fully saturated rings. The highest BCUT2D eigenvalue weighted by atomic mass is 32.2. The predicted molar refractivity (Wildman–Crippen MR) is 143 cm³/mol. The number of carbonyl (C=O) groups is 2. The third-order valence-corrected chi connectivity index (χ3v) is 6.84. The van der Waals surface area contributed by atoms with Gasteiger partial charge in [0.05, 0.1) is 28.3 Å². The third-order valence-electron chi connectivity index (χ3n) is 5.82. The van der Waals surface area contributed by atoms with Crippen molar-refractivity contribution in [1.82, 2.24) is 10.6 Å². The molecule has 3 N–H and O–H groups in total. The topological polar surface area (TPSA) is 94.0 Å². The molecule has 1 aliphatic heterocycles. The SMILES string of the molecule is CC1=C(C(=O)Nc2ccccc2)[C@H](c2ccccc2F)C(C#N)=C(SCC(=O)NCc2ccccc2)N1. The molecule has 0 aromatic heterocycles. The normalized spacial score (nSPS) is 15.0. The predicted octanol–water partition coefficient (Wildman–Crippen LogP) is 5.21. The number of dihydropyridines is 1. The first-order valence-corrected chi connectivity index (χ1v) is 12.6. The van der Waals surface area contributed by atoms with E-state index in [0.29, 0.717) is 23.0 Å². The molecule has 0 spiro atoms. The van der Waals surface area contributed by atoms with Gasteiger partial charge in [0.15, 0.2) is 0 Å². The number of nitrogens with zero attached hydrogens (tertiary/aromatic N) is 1. The van der Waals surface area contributed by atoms with E-state index in [4.69, 9.17) is 0 Å². The molecule has 2 amide bonds. The maximum atomic E-state index is 15.0. The van der Waals surface area contributed by atoms with Gasteiger partial charge in [-0.3, -0.25) is 9.59 Å². The maximum absolute atomic E-state index is 15.0. The molecule has 0 saturated carbocycles. The number of hydrogen-bond donors (Lipinski definition) is 3. The van der Waals surface area contributed by atoms with Crippen LogP contribution in [0.3, 0.4) is 0 Å². The van der Waals surface area contributed by atoms with E-state index in [9.17, 15) is 19.2 Å². The van der Waals surface area contributed by atoms with Crippen molar-refractivity contribution in [2.75, 3.05) is 11.1 Å². The molecule has 3 aromatic rings. The van der Waals surface area contributed by atoms with Gasteiger partial charge in [0.2, 0.25) is 5.91 Å². The largest absolute Gasteiger partial charge is 0.353 e. The number of nitriles is 1. The zero-order chi connectivity index (χ0) is 26.2. The molecule has 1 aliphatic rings. The smallest absolute Gasteiger partial charge is 0.254 e. The van der Waals surface area contributed by atoms with Crippen LogP contribution in [0, 0.1) is 17.1 Å². The van der Waals surface area contributed by atoms with E-state index in [1.54, 1.807) is 49.4 Å². The van der Waals surface area contributed by atoms with E-state index < -0.39 is 17.6 Å². The van der Waals surface area contributed by atoms with Gasteiger partial charge in [-0.2, -0.15) is 5.26 Å². The summed E-state index contributed by atoms with van der Waals surface area (Å²) < 4.78 is 15.0. The fourth-order valence-electron chi connectivity index (χ4n) is 4.05. The minimum Gasteiger partial charge on any atom is -0.353 e. The van der Waals surface area contributed by atoms with E-state index in [0.717, 1.165) is 17.3 Å². The molecule has 0 unspecified atom stereocenters. The Labute approximate surface area is 219 Å². The molecule has 0 bridgehead atoms. The van der Waals surface area contributed by atoms with Gasteiger partial charge in [0.25, 0.3) is 5.91 Å². The summed E-state index contributed by atoms with van der Waals surface area (Å²) in [5.74, 6) is -2.07. The molecule has 8 heteroatoms. The highest BCUT2D eigenvalue weighted by Crippen LogP contribution is 2.41. The molecule has 3 aromatic carbocycles. The van der Waals surface area contributed by atoms with Crippen LogP contribution in [-0.4, -0.2) is 17.6 Å². The Bertz CT molecular complexity index is 1400. The van der Waals surface area contributed by atoms with Crippen molar-refractivity contribution in [3.8, 4) is 6.07 Å². The van der Waals surface area contributed by atoms with Crippen LogP contribution >= 0.6 is 11.8 Å². The van der Waals surface area contributed by atoms with Crippen molar-refractivity contribution in [3.05, 3.63) is 124 Å². The molecule has 0 radical (unpaired) electrons. The quantitative estimate of drug-likeness (QED) is 0.385. The van der Waals surface area contributed by atoms with E-state index in [-0.39, 0.29) is 28.4 Å². The van der Waals surface area contributed by atoms with Crippen LogP contribution in [0.5, 0.6) is 0 Å². The van der Waals surface area contributed by atoms with Gasteiger partial charge in [-0.1, -0.05) is 78.5 Å². The minimum absolute atomic E-state index is 0.0448. The second kappa shape index (κ2) is 12.1. The van der Waals surface area contributed by atoms with Gasteiger partial charge < -0.3 is 16.0 Å². The molecule has 1 heterocycles. The van der Waals surface area contributed by atoms with Gasteiger partial charge in [0, 0.05) is 29.1 Å². The zero-order valence-corrected chi connectivity index (χ0v) is 20.9. The molecule has 37 heavy (non-hydrogen) atoms. The molecule has 186 valence electrons. The van der Waals surface area contributed by atoms with E-state index in [1.165, 1.54) is 6.07 Å². The first-order chi connectivity index (χ1) is 18.0. The lowest BCUT2D eigenvalue weighted by Crippen LogP contribution is -2.32. The molecule has 0 aliphatic carbocycles. The van der Waals surface area contributed by atoms with Crippen molar-refractivity contribution in [2.24, 2.45) is 0 Å². The van der Waals surface area contributed by atoms with Crippen LogP contribution in [0.1, 0.15) is 24.0 Å². The number of amides is 2. The first-order valence-electron chi connectivity index (χ1n) is 11.6. The summed E-state index contributed by atoms with van der Waals surface area (Å²) in [6.45, 7) is 2.09. The fraction of sp³-hybridized carbons (Fsp3) is 0.138. The number of thioether (sulfide) groups is 1. The van der Waals surface area contributed by atoms with Crippen LogP contribution in [0.2, 0.25) is 0 Å². The standard InChI is InChI=1S/C29H25FN4O2S/c1-19-26(28(36)34-21-12-6-3-7-13-21)27(22-14-8-9-15-24(22)30)23(16-31)29(33-19)37-18-25(35)32-17-20-10-4-2-5-11-20/h2-15,27,33H,17-18H2,1H3,(H,32,35)(H,34,36)/t27-/m1/s1. The Morgan fingerprint density at radius 2 is 1.65 bits per heavy atom. The minimum atomic E-state index is -0.939.